The van der Waals surface area contributed by atoms with Gasteiger partial charge in [0.2, 0.25) is 5.91 Å². The predicted molar refractivity (Wildman–Crippen MR) is 86.4 cm³/mol. The van der Waals surface area contributed by atoms with Crippen LogP contribution in [0.2, 0.25) is 0 Å². The molecule has 0 radical (unpaired) electrons. The molecule has 0 saturated heterocycles. The largest absolute Gasteiger partial charge is 0.493 e. The Balaban J connectivity index is 0.00000400. The van der Waals surface area contributed by atoms with Gasteiger partial charge < -0.3 is 20.1 Å². The fraction of sp³-hybridized carbons (Fsp3) is 0.533. The summed E-state index contributed by atoms with van der Waals surface area (Å²) >= 11 is 0. The molecular weight excluding hydrogens is 292 g/mol. The molecular formula is C15H25ClN2O3. The maximum atomic E-state index is 11.4. The van der Waals surface area contributed by atoms with Crippen LogP contribution in [0.5, 0.6) is 11.5 Å². The van der Waals surface area contributed by atoms with E-state index in [1.807, 2.05) is 18.2 Å². The second-order valence-corrected chi connectivity index (χ2v) is 4.49. The monoisotopic (exact) mass is 316 g/mol. The minimum Gasteiger partial charge on any atom is -0.493 e. The molecule has 5 nitrogen and oxygen atoms in total. The van der Waals surface area contributed by atoms with Gasteiger partial charge >= 0.3 is 0 Å². The van der Waals surface area contributed by atoms with Crippen molar-refractivity contribution in [1.29, 1.82) is 0 Å². The number of amides is 1. The van der Waals surface area contributed by atoms with Crippen molar-refractivity contribution in [3.8, 4) is 11.5 Å². The van der Waals surface area contributed by atoms with E-state index in [9.17, 15) is 4.79 Å². The lowest BCUT2D eigenvalue weighted by molar-refractivity contribution is -0.120. The van der Waals surface area contributed by atoms with E-state index < -0.39 is 0 Å². The van der Waals surface area contributed by atoms with Crippen molar-refractivity contribution in [2.24, 2.45) is 0 Å². The lowest BCUT2D eigenvalue weighted by atomic mass is 10.2. The first kappa shape index (κ1) is 19.5. The third kappa shape index (κ3) is 7.20. The molecule has 0 unspecified atom stereocenters. The molecule has 0 saturated carbocycles. The highest BCUT2D eigenvalue weighted by Crippen LogP contribution is 2.28. The van der Waals surface area contributed by atoms with Crippen LogP contribution in [0.15, 0.2) is 18.2 Å². The van der Waals surface area contributed by atoms with Crippen molar-refractivity contribution in [3.05, 3.63) is 23.8 Å². The molecule has 0 spiro atoms. The quantitative estimate of drug-likeness (QED) is 0.685. The number of rotatable bonds is 9. The first-order chi connectivity index (χ1) is 9.71. The zero-order valence-electron chi connectivity index (χ0n) is 12.9. The summed E-state index contributed by atoms with van der Waals surface area (Å²) < 4.78 is 11.0. The smallest absolute Gasteiger partial charge is 0.234 e. The van der Waals surface area contributed by atoms with E-state index in [0.29, 0.717) is 25.4 Å². The van der Waals surface area contributed by atoms with Gasteiger partial charge in [-0.1, -0.05) is 19.4 Å². The van der Waals surface area contributed by atoms with Crippen LogP contribution in [0.3, 0.4) is 0 Å². The number of hydrogen-bond donors (Lipinski definition) is 2. The summed E-state index contributed by atoms with van der Waals surface area (Å²) in [6, 6.07) is 5.71. The zero-order chi connectivity index (χ0) is 14.8. The molecule has 0 atom stereocenters. The van der Waals surface area contributed by atoms with Crippen LogP contribution in [-0.4, -0.2) is 33.2 Å². The highest BCUT2D eigenvalue weighted by molar-refractivity contribution is 5.85. The van der Waals surface area contributed by atoms with E-state index in [0.717, 1.165) is 24.2 Å². The van der Waals surface area contributed by atoms with E-state index in [4.69, 9.17) is 9.47 Å². The third-order valence-electron chi connectivity index (χ3n) is 2.81. The molecule has 2 N–H and O–H groups in total. The third-order valence-corrected chi connectivity index (χ3v) is 2.81. The van der Waals surface area contributed by atoms with Crippen LogP contribution in [0, 0.1) is 0 Å². The SMILES string of the molecule is CCCCOc1ccc(CNC(=O)CNC)cc1OC.Cl. The molecule has 0 aromatic heterocycles. The number of carbonyl (C=O) groups is 1. The molecule has 0 bridgehead atoms. The Morgan fingerprint density at radius 2 is 2.05 bits per heavy atom. The fourth-order valence-corrected chi connectivity index (χ4v) is 1.69. The highest BCUT2D eigenvalue weighted by atomic mass is 35.5. The number of nitrogens with one attached hydrogen (secondary N) is 2. The second-order valence-electron chi connectivity index (χ2n) is 4.49. The van der Waals surface area contributed by atoms with Crippen molar-refractivity contribution >= 4 is 18.3 Å². The second kappa shape index (κ2) is 11.2. The molecule has 120 valence electrons. The average molecular weight is 317 g/mol. The minimum atomic E-state index is -0.0326. The molecule has 0 fully saturated rings. The van der Waals surface area contributed by atoms with E-state index in [2.05, 4.69) is 17.6 Å². The number of unbranched alkanes of at least 4 members (excludes halogenated alkanes) is 1. The number of hydrogen-bond acceptors (Lipinski definition) is 4. The van der Waals surface area contributed by atoms with Gasteiger partial charge in [0, 0.05) is 6.54 Å². The standard InChI is InChI=1S/C15H24N2O3.ClH/c1-4-5-8-20-13-7-6-12(9-14(13)19-3)10-17-15(18)11-16-2;/h6-7,9,16H,4-5,8,10-11H2,1-3H3,(H,17,18);1H. The maximum Gasteiger partial charge on any atom is 0.234 e. The minimum absolute atomic E-state index is 0. The summed E-state index contributed by atoms with van der Waals surface area (Å²) in [5, 5.41) is 5.63. The fourth-order valence-electron chi connectivity index (χ4n) is 1.69. The molecule has 1 aromatic carbocycles. The summed E-state index contributed by atoms with van der Waals surface area (Å²) in [5.41, 5.74) is 0.981. The normalized spacial score (nSPS) is 9.67. The van der Waals surface area contributed by atoms with Gasteiger partial charge in [-0.2, -0.15) is 0 Å². The Bertz CT molecular complexity index is 427. The predicted octanol–water partition coefficient (Wildman–Crippen LogP) is 2.13. The van der Waals surface area contributed by atoms with Crippen molar-refractivity contribution < 1.29 is 14.3 Å². The molecule has 21 heavy (non-hydrogen) atoms. The molecule has 1 amide bonds. The molecule has 1 rings (SSSR count). The Kier molecular flexibility index (Phi) is 10.4. The number of carbonyl (C=O) groups excluding carboxylic acids is 1. The van der Waals surface area contributed by atoms with Gasteiger partial charge in [0.05, 0.1) is 20.3 Å². The molecule has 6 heteroatoms. The van der Waals surface area contributed by atoms with E-state index in [-0.39, 0.29) is 18.3 Å². The summed E-state index contributed by atoms with van der Waals surface area (Å²) in [6.07, 6.45) is 2.11. The molecule has 1 aromatic rings. The van der Waals surface area contributed by atoms with Crippen LogP contribution in [0.25, 0.3) is 0 Å². The van der Waals surface area contributed by atoms with E-state index in [1.165, 1.54) is 0 Å². The van der Waals surface area contributed by atoms with E-state index >= 15 is 0 Å². The number of benzene rings is 1. The number of ether oxygens (including phenoxy) is 2. The Hall–Kier alpha value is -1.46. The van der Waals surface area contributed by atoms with Gasteiger partial charge in [0.1, 0.15) is 0 Å². The van der Waals surface area contributed by atoms with Crippen LogP contribution in [0.1, 0.15) is 25.3 Å². The lowest BCUT2D eigenvalue weighted by Crippen LogP contribution is -2.31. The molecule has 0 heterocycles. The summed E-state index contributed by atoms with van der Waals surface area (Å²) in [5.74, 6) is 1.41. The van der Waals surface area contributed by atoms with Crippen LogP contribution < -0.4 is 20.1 Å². The molecule has 0 aliphatic rings. The Labute approximate surface area is 132 Å². The van der Waals surface area contributed by atoms with Gasteiger partial charge in [-0.25, -0.2) is 0 Å². The number of halogens is 1. The van der Waals surface area contributed by atoms with E-state index in [1.54, 1.807) is 14.2 Å². The summed E-state index contributed by atoms with van der Waals surface area (Å²) in [6.45, 7) is 3.60. The maximum absolute atomic E-state index is 11.4. The van der Waals surface area contributed by atoms with Crippen molar-refractivity contribution in [1.82, 2.24) is 10.6 Å². The average Bonchev–Trinajstić information content (AvgIpc) is 2.46. The molecule has 0 aliphatic heterocycles. The van der Waals surface area contributed by atoms with Gasteiger partial charge in [-0.05, 0) is 31.2 Å². The van der Waals surface area contributed by atoms with Gasteiger partial charge in [-0.15, -0.1) is 12.4 Å². The van der Waals surface area contributed by atoms with Crippen molar-refractivity contribution in [3.63, 3.8) is 0 Å². The Morgan fingerprint density at radius 3 is 2.67 bits per heavy atom. The first-order valence-electron chi connectivity index (χ1n) is 6.92. The topological polar surface area (TPSA) is 59.6 Å². The van der Waals surface area contributed by atoms with Crippen LogP contribution in [-0.2, 0) is 11.3 Å². The van der Waals surface area contributed by atoms with Gasteiger partial charge in [0.25, 0.3) is 0 Å². The lowest BCUT2D eigenvalue weighted by Gasteiger charge is -2.12. The highest BCUT2D eigenvalue weighted by Gasteiger charge is 2.06. The van der Waals surface area contributed by atoms with Crippen molar-refractivity contribution in [2.75, 3.05) is 27.3 Å². The Morgan fingerprint density at radius 1 is 1.29 bits per heavy atom. The first-order valence-corrected chi connectivity index (χ1v) is 6.92. The number of likely N-dealkylation sites (N-methyl/N-ethyl adjacent to an activating group) is 1. The summed E-state index contributed by atoms with van der Waals surface area (Å²) in [4.78, 5) is 11.4. The van der Waals surface area contributed by atoms with Crippen molar-refractivity contribution in [2.45, 2.75) is 26.3 Å². The number of methoxy groups -OCH3 is 1. The van der Waals surface area contributed by atoms with Gasteiger partial charge in [0.15, 0.2) is 11.5 Å². The van der Waals surface area contributed by atoms with Crippen LogP contribution >= 0.6 is 12.4 Å². The summed E-state index contributed by atoms with van der Waals surface area (Å²) in [7, 11) is 3.36. The van der Waals surface area contributed by atoms with Crippen LogP contribution in [0.4, 0.5) is 0 Å². The molecule has 0 aliphatic carbocycles. The van der Waals surface area contributed by atoms with Gasteiger partial charge in [-0.3, -0.25) is 4.79 Å². The zero-order valence-corrected chi connectivity index (χ0v) is 13.7.